The highest BCUT2D eigenvalue weighted by molar-refractivity contribution is 7.89. The van der Waals surface area contributed by atoms with Gasteiger partial charge in [0, 0.05) is 24.8 Å². The van der Waals surface area contributed by atoms with Gasteiger partial charge in [0.25, 0.3) is 5.69 Å². The first-order valence-electron chi connectivity index (χ1n) is 9.46. The molecule has 0 radical (unpaired) electrons. The minimum atomic E-state index is -3.82. The van der Waals surface area contributed by atoms with E-state index in [1.807, 2.05) is 13.8 Å². The Balaban J connectivity index is 1.94. The first kappa shape index (κ1) is 21.2. The molecule has 0 saturated carbocycles. The van der Waals surface area contributed by atoms with Crippen LogP contribution in [0.4, 0.5) is 17.1 Å². The van der Waals surface area contributed by atoms with E-state index in [-0.39, 0.29) is 34.7 Å². The van der Waals surface area contributed by atoms with Crippen molar-refractivity contribution in [1.29, 1.82) is 0 Å². The second-order valence-electron chi connectivity index (χ2n) is 7.69. The van der Waals surface area contributed by atoms with Crippen LogP contribution in [-0.2, 0) is 16.6 Å². The molecule has 1 fully saturated rings. The summed E-state index contributed by atoms with van der Waals surface area (Å²) >= 11 is 0. The number of hydrogen-bond acceptors (Lipinski definition) is 6. The monoisotopic (exact) mass is 419 g/mol. The van der Waals surface area contributed by atoms with Crippen molar-refractivity contribution in [3.63, 3.8) is 0 Å². The molecule has 0 aromatic heterocycles. The Morgan fingerprint density at radius 1 is 1.17 bits per heavy atom. The molecule has 0 bridgehead atoms. The topological polar surface area (TPSA) is 113 Å². The van der Waals surface area contributed by atoms with Crippen LogP contribution in [0.25, 0.3) is 0 Å². The highest BCUT2D eigenvalue weighted by Gasteiger charge is 2.33. The fraction of sp³-hybridized carbons (Fsp3) is 0.400. The van der Waals surface area contributed by atoms with E-state index in [1.165, 1.54) is 16.4 Å². The molecular weight excluding hydrogens is 394 g/mol. The number of hydrogen-bond donors (Lipinski definition) is 2. The summed E-state index contributed by atoms with van der Waals surface area (Å²) in [5.41, 5.74) is 1.09. The number of nitrogens with one attached hydrogen (secondary N) is 1. The number of nitrogens with zero attached hydrogens (tertiary/aromatic N) is 2. The van der Waals surface area contributed by atoms with Crippen LogP contribution in [0.15, 0.2) is 47.4 Å². The van der Waals surface area contributed by atoms with E-state index in [0.29, 0.717) is 24.3 Å². The Morgan fingerprint density at radius 3 is 2.48 bits per heavy atom. The summed E-state index contributed by atoms with van der Waals surface area (Å²) in [7, 11) is -3.82. The summed E-state index contributed by atoms with van der Waals surface area (Å²) < 4.78 is 27.5. The number of nitro groups is 1. The predicted molar refractivity (Wildman–Crippen MR) is 110 cm³/mol. The summed E-state index contributed by atoms with van der Waals surface area (Å²) in [6.45, 7) is 4.69. The molecule has 9 heteroatoms. The highest BCUT2D eigenvalue weighted by Crippen LogP contribution is 2.33. The lowest BCUT2D eigenvalue weighted by molar-refractivity contribution is -0.384. The Bertz CT molecular complexity index is 999. The predicted octanol–water partition coefficient (Wildman–Crippen LogP) is 3.50. The van der Waals surface area contributed by atoms with Crippen molar-refractivity contribution in [3.8, 4) is 0 Å². The molecule has 3 rings (SSSR count). The van der Waals surface area contributed by atoms with Crippen molar-refractivity contribution in [2.24, 2.45) is 11.8 Å². The number of aliphatic hydroxyl groups excluding tert-OH is 1. The van der Waals surface area contributed by atoms with Crippen LogP contribution in [0.5, 0.6) is 0 Å². The van der Waals surface area contributed by atoms with Crippen LogP contribution in [0, 0.1) is 22.0 Å². The second kappa shape index (κ2) is 8.48. The third kappa shape index (κ3) is 4.75. The summed E-state index contributed by atoms with van der Waals surface area (Å²) in [5, 5.41) is 23.8. The van der Waals surface area contributed by atoms with Crippen LogP contribution in [0.3, 0.4) is 0 Å². The van der Waals surface area contributed by atoms with Gasteiger partial charge in [-0.15, -0.1) is 0 Å². The summed E-state index contributed by atoms with van der Waals surface area (Å²) in [4.78, 5) is 10.9. The number of aliphatic hydroxyl groups is 1. The molecule has 1 aliphatic heterocycles. The molecule has 8 nitrogen and oxygen atoms in total. The zero-order valence-electron chi connectivity index (χ0n) is 16.4. The van der Waals surface area contributed by atoms with Gasteiger partial charge in [-0.3, -0.25) is 10.1 Å². The maximum absolute atomic E-state index is 13.1. The summed E-state index contributed by atoms with van der Waals surface area (Å²) in [6, 6.07) is 10.7. The molecule has 1 aliphatic rings. The van der Waals surface area contributed by atoms with E-state index in [9.17, 15) is 23.6 Å². The van der Waals surface area contributed by atoms with Crippen molar-refractivity contribution >= 4 is 27.1 Å². The van der Waals surface area contributed by atoms with Gasteiger partial charge in [-0.25, -0.2) is 8.42 Å². The standard InChI is InChI=1S/C20H25N3O5S/c1-14-8-15(2)12-22(11-14)29(27,28)18-6-7-19(20(10-18)23(25)26)21-17-5-3-4-16(9-17)13-24/h3-7,9-10,14-15,21,24H,8,11-13H2,1-2H3/t14-,15-/m0/s1. The molecule has 1 heterocycles. The van der Waals surface area contributed by atoms with E-state index in [1.54, 1.807) is 24.3 Å². The molecule has 2 aromatic rings. The van der Waals surface area contributed by atoms with Gasteiger partial charge in [-0.1, -0.05) is 26.0 Å². The number of nitro benzene ring substituents is 1. The summed E-state index contributed by atoms with van der Waals surface area (Å²) in [6.07, 6.45) is 0.960. The van der Waals surface area contributed by atoms with Gasteiger partial charge >= 0.3 is 0 Å². The quantitative estimate of drug-likeness (QED) is 0.547. The normalized spacial score (nSPS) is 20.4. The second-order valence-corrected chi connectivity index (χ2v) is 9.63. The van der Waals surface area contributed by atoms with E-state index in [0.717, 1.165) is 12.5 Å². The van der Waals surface area contributed by atoms with Crippen LogP contribution >= 0.6 is 0 Å². The number of sulfonamides is 1. The minimum absolute atomic E-state index is 0.0832. The van der Waals surface area contributed by atoms with Gasteiger partial charge in [-0.2, -0.15) is 4.31 Å². The van der Waals surface area contributed by atoms with Gasteiger partial charge < -0.3 is 10.4 Å². The van der Waals surface area contributed by atoms with Crippen LogP contribution in [0.2, 0.25) is 0 Å². The van der Waals surface area contributed by atoms with Crippen molar-refractivity contribution in [3.05, 3.63) is 58.1 Å². The molecule has 0 amide bonds. The lowest BCUT2D eigenvalue weighted by Crippen LogP contribution is -2.42. The SMILES string of the molecule is C[C@H]1C[C@H](C)CN(S(=O)(=O)c2ccc(Nc3cccc(CO)c3)c([N+](=O)[O-])c2)C1. The molecule has 2 N–H and O–H groups in total. The Kier molecular flexibility index (Phi) is 6.21. The summed E-state index contributed by atoms with van der Waals surface area (Å²) in [5.74, 6) is 0.478. The molecule has 2 atom stereocenters. The zero-order chi connectivity index (χ0) is 21.2. The zero-order valence-corrected chi connectivity index (χ0v) is 17.2. The largest absolute Gasteiger partial charge is 0.392 e. The third-order valence-corrected chi connectivity index (χ3v) is 6.86. The van der Waals surface area contributed by atoms with Gasteiger partial charge in [0.15, 0.2) is 0 Å². The average molecular weight is 420 g/mol. The van der Waals surface area contributed by atoms with Gasteiger partial charge in [0.05, 0.1) is 16.4 Å². The molecule has 156 valence electrons. The first-order valence-corrected chi connectivity index (χ1v) is 10.9. The fourth-order valence-electron chi connectivity index (χ4n) is 3.78. The number of anilines is 2. The third-order valence-electron chi connectivity index (χ3n) is 5.03. The smallest absolute Gasteiger partial charge is 0.294 e. The fourth-order valence-corrected chi connectivity index (χ4v) is 5.48. The van der Waals surface area contributed by atoms with E-state index in [4.69, 9.17) is 0 Å². The van der Waals surface area contributed by atoms with Gasteiger partial charge in [0.2, 0.25) is 10.0 Å². The molecule has 0 unspecified atom stereocenters. The van der Waals surface area contributed by atoms with Gasteiger partial charge in [-0.05, 0) is 48.1 Å². The molecule has 0 aliphatic carbocycles. The van der Waals surface area contributed by atoms with Crippen molar-refractivity contribution in [1.82, 2.24) is 4.31 Å². The molecular formula is C20H25N3O5S. The van der Waals surface area contributed by atoms with Crippen molar-refractivity contribution in [2.45, 2.75) is 31.8 Å². The first-order chi connectivity index (χ1) is 13.7. The number of piperidine rings is 1. The molecule has 29 heavy (non-hydrogen) atoms. The Morgan fingerprint density at radius 2 is 1.86 bits per heavy atom. The maximum atomic E-state index is 13.1. The van der Waals surface area contributed by atoms with E-state index < -0.39 is 14.9 Å². The van der Waals surface area contributed by atoms with E-state index in [2.05, 4.69) is 5.32 Å². The number of rotatable bonds is 6. The number of benzene rings is 2. The Hall–Kier alpha value is -2.49. The van der Waals surface area contributed by atoms with Gasteiger partial charge in [0.1, 0.15) is 5.69 Å². The van der Waals surface area contributed by atoms with E-state index >= 15 is 0 Å². The van der Waals surface area contributed by atoms with Crippen LogP contribution in [0.1, 0.15) is 25.8 Å². The molecule has 2 aromatic carbocycles. The van der Waals surface area contributed by atoms with Crippen molar-refractivity contribution in [2.75, 3.05) is 18.4 Å². The van der Waals surface area contributed by atoms with Crippen LogP contribution in [-0.4, -0.2) is 35.8 Å². The minimum Gasteiger partial charge on any atom is -0.392 e. The lowest BCUT2D eigenvalue weighted by atomic mass is 9.94. The molecule has 1 saturated heterocycles. The maximum Gasteiger partial charge on any atom is 0.294 e. The molecule has 0 spiro atoms. The van der Waals surface area contributed by atoms with Crippen molar-refractivity contribution < 1.29 is 18.4 Å². The lowest BCUT2D eigenvalue weighted by Gasteiger charge is -2.34. The average Bonchev–Trinajstić information content (AvgIpc) is 2.67. The van der Waals surface area contributed by atoms with Crippen LogP contribution < -0.4 is 5.32 Å². The Labute approximate surface area is 170 Å². The highest BCUT2D eigenvalue weighted by atomic mass is 32.2.